The summed E-state index contributed by atoms with van der Waals surface area (Å²) in [5, 5.41) is 0. The zero-order valence-electron chi connectivity index (χ0n) is 10.8. The summed E-state index contributed by atoms with van der Waals surface area (Å²) in [7, 11) is 0. The molecule has 0 aliphatic heterocycles. The highest BCUT2D eigenvalue weighted by molar-refractivity contribution is 5.85. The smallest absolute Gasteiger partial charge is 0.416 e. The molecule has 1 unspecified atom stereocenters. The molecule has 0 spiro atoms. The molecule has 0 aliphatic carbocycles. The van der Waals surface area contributed by atoms with Gasteiger partial charge in [-0.15, -0.1) is 12.4 Å². The molecule has 0 aliphatic rings. The molecule has 0 heterocycles. The third kappa shape index (κ3) is 4.53. The number of esters is 1. The first kappa shape index (κ1) is 19.6. The van der Waals surface area contributed by atoms with Gasteiger partial charge in [-0.25, -0.2) is 13.6 Å². The molecule has 0 saturated carbocycles. The van der Waals surface area contributed by atoms with Gasteiger partial charge in [-0.1, -0.05) is 6.07 Å². The second-order valence-electron chi connectivity index (χ2n) is 3.88. The Bertz CT molecular complexity index is 495. The van der Waals surface area contributed by atoms with Crippen LogP contribution in [0.15, 0.2) is 18.2 Å². The SMILES string of the molecule is CCOC(=O)C(F)[C@H](N)c1c(F)cccc1C(F)(F)F.Cl. The molecule has 2 atom stereocenters. The topological polar surface area (TPSA) is 52.3 Å². The molecule has 3 nitrogen and oxygen atoms in total. The van der Waals surface area contributed by atoms with Gasteiger partial charge < -0.3 is 10.5 Å². The van der Waals surface area contributed by atoms with Crippen molar-refractivity contribution in [1.29, 1.82) is 0 Å². The number of hydrogen-bond acceptors (Lipinski definition) is 3. The molecule has 120 valence electrons. The van der Waals surface area contributed by atoms with Gasteiger partial charge in [0.25, 0.3) is 0 Å². The van der Waals surface area contributed by atoms with Crippen molar-refractivity contribution < 1.29 is 31.5 Å². The number of nitrogens with two attached hydrogens (primary N) is 1. The maximum Gasteiger partial charge on any atom is 0.416 e. The van der Waals surface area contributed by atoms with Crippen molar-refractivity contribution in [3.8, 4) is 0 Å². The number of halogens is 6. The van der Waals surface area contributed by atoms with Crippen LogP contribution < -0.4 is 5.73 Å². The highest BCUT2D eigenvalue weighted by Crippen LogP contribution is 2.36. The van der Waals surface area contributed by atoms with E-state index in [2.05, 4.69) is 4.74 Å². The largest absolute Gasteiger partial charge is 0.464 e. The van der Waals surface area contributed by atoms with Crippen LogP contribution in [-0.4, -0.2) is 18.7 Å². The summed E-state index contributed by atoms with van der Waals surface area (Å²) in [5.41, 5.74) is 2.74. The maximum atomic E-state index is 13.7. The molecular formula is C12H13ClF5NO2. The molecule has 0 radical (unpaired) electrons. The Hall–Kier alpha value is -1.41. The van der Waals surface area contributed by atoms with Crippen LogP contribution in [-0.2, 0) is 15.7 Å². The number of benzene rings is 1. The first-order valence-electron chi connectivity index (χ1n) is 5.62. The minimum atomic E-state index is -4.91. The summed E-state index contributed by atoms with van der Waals surface area (Å²) in [6.07, 6.45) is -7.50. The van der Waals surface area contributed by atoms with E-state index in [1.54, 1.807) is 0 Å². The van der Waals surface area contributed by atoms with Gasteiger partial charge in [0.05, 0.1) is 18.2 Å². The van der Waals surface area contributed by atoms with E-state index in [1.165, 1.54) is 6.92 Å². The van der Waals surface area contributed by atoms with Crippen LogP contribution in [0.5, 0.6) is 0 Å². The van der Waals surface area contributed by atoms with Gasteiger partial charge in [-0.05, 0) is 19.1 Å². The molecule has 0 bridgehead atoms. The summed E-state index contributed by atoms with van der Waals surface area (Å²) >= 11 is 0. The molecule has 9 heteroatoms. The van der Waals surface area contributed by atoms with Gasteiger partial charge in [0.1, 0.15) is 5.82 Å². The molecule has 1 aromatic rings. The molecule has 21 heavy (non-hydrogen) atoms. The Morgan fingerprint density at radius 2 is 1.95 bits per heavy atom. The Morgan fingerprint density at radius 3 is 2.43 bits per heavy atom. The van der Waals surface area contributed by atoms with Crippen LogP contribution in [0.3, 0.4) is 0 Å². The molecule has 1 aromatic carbocycles. The van der Waals surface area contributed by atoms with Crippen molar-refractivity contribution in [1.82, 2.24) is 0 Å². The third-order valence-corrected chi connectivity index (χ3v) is 2.52. The summed E-state index contributed by atoms with van der Waals surface area (Å²) < 4.78 is 69.8. The van der Waals surface area contributed by atoms with E-state index in [-0.39, 0.29) is 19.0 Å². The number of carbonyl (C=O) groups is 1. The number of hydrogen-bond donors (Lipinski definition) is 1. The van der Waals surface area contributed by atoms with Gasteiger partial charge in [-0.2, -0.15) is 13.2 Å². The average Bonchev–Trinajstić information content (AvgIpc) is 2.36. The van der Waals surface area contributed by atoms with Gasteiger partial charge in [0.15, 0.2) is 0 Å². The Balaban J connectivity index is 0.00000400. The quantitative estimate of drug-likeness (QED) is 0.680. The fraction of sp³-hybridized carbons (Fsp3) is 0.417. The van der Waals surface area contributed by atoms with E-state index >= 15 is 0 Å². The maximum absolute atomic E-state index is 13.7. The lowest BCUT2D eigenvalue weighted by Gasteiger charge is -2.20. The van der Waals surface area contributed by atoms with Crippen LogP contribution in [0, 0.1) is 5.82 Å². The van der Waals surface area contributed by atoms with E-state index in [9.17, 15) is 26.7 Å². The third-order valence-electron chi connectivity index (χ3n) is 2.52. The number of carbonyl (C=O) groups excluding carboxylic acids is 1. The minimum Gasteiger partial charge on any atom is -0.464 e. The van der Waals surface area contributed by atoms with Gasteiger partial charge in [0, 0.05) is 5.56 Å². The molecule has 0 saturated heterocycles. The lowest BCUT2D eigenvalue weighted by Crippen LogP contribution is -2.33. The lowest BCUT2D eigenvalue weighted by molar-refractivity contribution is -0.150. The summed E-state index contributed by atoms with van der Waals surface area (Å²) in [6.45, 7) is 1.22. The molecule has 0 aromatic heterocycles. The zero-order valence-corrected chi connectivity index (χ0v) is 11.6. The molecular weight excluding hydrogens is 321 g/mol. The monoisotopic (exact) mass is 333 g/mol. The van der Waals surface area contributed by atoms with Crippen LogP contribution >= 0.6 is 12.4 Å². The number of ether oxygens (including phenoxy) is 1. The van der Waals surface area contributed by atoms with Crippen molar-refractivity contribution in [3.63, 3.8) is 0 Å². The fourth-order valence-corrected chi connectivity index (χ4v) is 1.64. The van der Waals surface area contributed by atoms with E-state index < -0.39 is 41.3 Å². The predicted octanol–water partition coefficient (Wildman–Crippen LogP) is 3.17. The first-order valence-corrected chi connectivity index (χ1v) is 5.62. The van der Waals surface area contributed by atoms with Crippen LogP contribution in [0.4, 0.5) is 22.0 Å². The predicted molar refractivity (Wildman–Crippen MR) is 67.1 cm³/mol. The molecule has 1 rings (SSSR count). The fourth-order valence-electron chi connectivity index (χ4n) is 1.64. The average molecular weight is 334 g/mol. The van der Waals surface area contributed by atoms with Crippen molar-refractivity contribution in [2.24, 2.45) is 5.73 Å². The van der Waals surface area contributed by atoms with Gasteiger partial charge in [0.2, 0.25) is 6.17 Å². The van der Waals surface area contributed by atoms with Crippen LogP contribution in [0.2, 0.25) is 0 Å². The first-order chi connectivity index (χ1) is 9.20. The highest BCUT2D eigenvalue weighted by Gasteiger charge is 2.39. The molecule has 0 fully saturated rings. The Morgan fingerprint density at radius 1 is 1.38 bits per heavy atom. The number of rotatable bonds is 4. The Kier molecular flexibility index (Phi) is 7.05. The second kappa shape index (κ2) is 7.56. The summed E-state index contributed by atoms with van der Waals surface area (Å²) in [5.74, 6) is -2.77. The normalized spacial score (nSPS) is 14.0. The van der Waals surface area contributed by atoms with Crippen molar-refractivity contribution in [3.05, 3.63) is 35.1 Å². The lowest BCUT2D eigenvalue weighted by atomic mass is 9.96. The van der Waals surface area contributed by atoms with Crippen molar-refractivity contribution >= 4 is 18.4 Å². The van der Waals surface area contributed by atoms with E-state index in [1.807, 2.05) is 0 Å². The van der Waals surface area contributed by atoms with Crippen molar-refractivity contribution in [2.45, 2.75) is 25.3 Å². The van der Waals surface area contributed by atoms with E-state index in [0.29, 0.717) is 12.1 Å². The molecule has 0 amide bonds. The van der Waals surface area contributed by atoms with Gasteiger partial charge >= 0.3 is 12.1 Å². The van der Waals surface area contributed by atoms with Crippen LogP contribution in [0.25, 0.3) is 0 Å². The van der Waals surface area contributed by atoms with Crippen molar-refractivity contribution in [2.75, 3.05) is 6.61 Å². The van der Waals surface area contributed by atoms with E-state index in [4.69, 9.17) is 5.73 Å². The summed E-state index contributed by atoms with van der Waals surface area (Å²) in [6, 6.07) is -0.00312. The number of alkyl halides is 4. The molecule has 2 N–H and O–H groups in total. The zero-order chi connectivity index (χ0) is 15.5. The highest BCUT2D eigenvalue weighted by atomic mass is 35.5. The Labute approximate surface area is 123 Å². The second-order valence-corrected chi connectivity index (χ2v) is 3.88. The summed E-state index contributed by atoms with van der Waals surface area (Å²) in [4.78, 5) is 11.1. The van der Waals surface area contributed by atoms with Crippen LogP contribution in [0.1, 0.15) is 24.1 Å². The standard InChI is InChI=1S/C12H12F5NO2.ClH/c1-2-20-11(19)9(14)10(18)8-6(12(15,16)17)4-3-5-7(8)13;/h3-5,9-10H,2,18H2,1H3;1H/t9?,10-;/m1./s1. The minimum absolute atomic E-state index is 0. The van der Waals surface area contributed by atoms with Gasteiger partial charge in [-0.3, -0.25) is 0 Å². The van der Waals surface area contributed by atoms with E-state index in [0.717, 1.165) is 6.07 Å².